The van der Waals surface area contributed by atoms with Gasteiger partial charge >= 0.3 is 12.0 Å². The molecule has 0 fully saturated rings. The Bertz CT molecular complexity index is 444. The van der Waals surface area contributed by atoms with Gasteiger partial charge in [-0.1, -0.05) is 161 Å². The second kappa shape index (κ2) is 27.6. The molecule has 1 N–H and O–H groups in total. The van der Waals surface area contributed by atoms with Gasteiger partial charge in [-0.15, -0.1) is 33.2 Å². The van der Waals surface area contributed by atoms with Crippen LogP contribution in [0.5, 0.6) is 0 Å². The number of hydrogen-bond donors (Lipinski definition) is 1. The van der Waals surface area contributed by atoms with Gasteiger partial charge in [-0.05, 0) is 12.5 Å². The van der Waals surface area contributed by atoms with Gasteiger partial charge in [-0.25, -0.2) is 0 Å². The molecule has 0 radical (unpaired) electrons. The Labute approximate surface area is 233 Å². The standard InChI is InChI=1S/C29H57Cl3O2Si/c30-35(31,32)28-26-24-22-20-18-16-14-12-10-8-6-4-2-1-3-5-7-9-11-13-15-17-19-21-23-25-27-29(33)34/h1-28H2,(H,33,34). The fourth-order valence-electron chi connectivity index (χ4n) is 4.84. The summed E-state index contributed by atoms with van der Waals surface area (Å²) in [5, 5.41) is 8.61. The zero-order valence-corrected chi connectivity index (χ0v) is 26.1. The Hall–Kier alpha value is 0.557. The molecule has 0 aliphatic heterocycles. The molecule has 2 nitrogen and oxygen atoms in total. The summed E-state index contributed by atoms with van der Waals surface area (Å²) in [4.78, 5) is 10.5. The van der Waals surface area contributed by atoms with Gasteiger partial charge in [0.05, 0.1) is 0 Å². The molecule has 0 bridgehead atoms. The zero-order chi connectivity index (χ0) is 25.9. The van der Waals surface area contributed by atoms with Crippen LogP contribution in [0.4, 0.5) is 0 Å². The quantitative estimate of drug-likeness (QED) is 0.0550. The van der Waals surface area contributed by atoms with Gasteiger partial charge in [-0.3, -0.25) is 4.79 Å². The fraction of sp³-hybridized carbons (Fsp3) is 0.966. The monoisotopic (exact) mass is 570 g/mol. The van der Waals surface area contributed by atoms with Crippen LogP contribution in [0.1, 0.15) is 173 Å². The third-order valence-corrected chi connectivity index (χ3v) is 9.72. The van der Waals surface area contributed by atoms with Crippen molar-refractivity contribution in [2.45, 2.75) is 179 Å². The molecule has 0 aromatic rings. The molecule has 0 amide bonds. The van der Waals surface area contributed by atoms with Crippen molar-refractivity contribution in [2.75, 3.05) is 0 Å². The lowest BCUT2D eigenvalue weighted by Crippen LogP contribution is -2.07. The van der Waals surface area contributed by atoms with Crippen LogP contribution >= 0.6 is 33.2 Å². The van der Waals surface area contributed by atoms with Gasteiger partial charge in [0.2, 0.25) is 0 Å². The molecular formula is C29H57Cl3O2Si. The van der Waals surface area contributed by atoms with Gasteiger partial charge in [0, 0.05) is 6.42 Å². The first kappa shape index (κ1) is 35.6. The Kier molecular flexibility index (Phi) is 28.0. The predicted molar refractivity (Wildman–Crippen MR) is 160 cm³/mol. The first-order chi connectivity index (χ1) is 16.9. The highest BCUT2D eigenvalue weighted by Gasteiger charge is 2.23. The first-order valence-electron chi connectivity index (χ1n) is 15.2. The largest absolute Gasteiger partial charge is 0.481 e. The number of unbranched alkanes of at least 4 members (excludes halogenated alkanes) is 25. The number of carboxylic acids is 1. The number of carbonyl (C=O) groups is 1. The van der Waals surface area contributed by atoms with Crippen LogP contribution in [0, 0.1) is 0 Å². The van der Waals surface area contributed by atoms with Crippen molar-refractivity contribution in [1.29, 1.82) is 0 Å². The van der Waals surface area contributed by atoms with Crippen molar-refractivity contribution in [1.82, 2.24) is 0 Å². The molecule has 0 aliphatic rings. The van der Waals surface area contributed by atoms with Crippen LogP contribution < -0.4 is 0 Å². The van der Waals surface area contributed by atoms with E-state index in [1.165, 1.54) is 148 Å². The van der Waals surface area contributed by atoms with E-state index >= 15 is 0 Å². The van der Waals surface area contributed by atoms with Crippen LogP contribution in [0.2, 0.25) is 6.04 Å². The normalized spacial score (nSPS) is 11.9. The minimum absolute atomic E-state index is 0.339. The molecule has 0 saturated carbocycles. The van der Waals surface area contributed by atoms with Crippen molar-refractivity contribution >= 4 is 45.2 Å². The molecule has 0 atom stereocenters. The number of hydrogen-bond acceptors (Lipinski definition) is 1. The molecule has 0 aromatic carbocycles. The summed E-state index contributed by atoms with van der Waals surface area (Å²) in [6, 6.07) is -1.55. The van der Waals surface area contributed by atoms with Crippen LogP contribution in [0.25, 0.3) is 0 Å². The van der Waals surface area contributed by atoms with Crippen LogP contribution in [-0.2, 0) is 4.79 Å². The Morgan fingerprint density at radius 3 is 0.800 bits per heavy atom. The van der Waals surface area contributed by atoms with Crippen LogP contribution in [-0.4, -0.2) is 17.1 Å². The lowest BCUT2D eigenvalue weighted by Gasteiger charge is -2.07. The Balaban J connectivity index is 3.05. The van der Waals surface area contributed by atoms with E-state index in [2.05, 4.69) is 0 Å². The molecule has 0 heterocycles. The van der Waals surface area contributed by atoms with Crippen molar-refractivity contribution in [2.24, 2.45) is 0 Å². The second-order valence-corrected chi connectivity index (χ2v) is 20.0. The second-order valence-electron chi connectivity index (χ2n) is 10.7. The fourth-order valence-corrected chi connectivity index (χ4v) is 6.70. The van der Waals surface area contributed by atoms with Gasteiger partial charge in [0.1, 0.15) is 0 Å². The topological polar surface area (TPSA) is 37.3 Å². The molecule has 0 rings (SSSR count). The van der Waals surface area contributed by atoms with Gasteiger partial charge < -0.3 is 5.11 Å². The molecular weight excluding hydrogens is 515 g/mol. The highest BCUT2D eigenvalue weighted by molar-refractivity contribution is 7.64. The lowest BCUT2D eigenvalue weighted by atomic mass is 10.0. The van der Waals surface area contributed by atoms with Gasteiger partial charge in [0.15, 0.2) is 0 Å². The van der Waals surface area contributed by atoms with Gasteiger partial charge in [-0.2, -0.15) is 0 Å². The summed E-state index contributed by atoms with van der Waals surface area (Å²) < 4.78 is 0. The first-order valence-corrected chi connectivity index (χ1v) is 20.4. The summed E-state index contributed by atoms with van der Waals surface area (Å²) in [5.41, 5.74) is 0. The van der Waals surface area contributed by atoms with E-state index in [-0.39, 0.29) is 0 Å². The van der Waals surface area contributed by atoms with E-state index in [1.54, 1.807) is 0 Å². The maximum Gasteiger partial charge on any atom is 0.341 e. The number of rotatable bonds is 29. The van der Waals surface area contributed by atoms with Crippen LogP contribution in [0.3, 0.4) is 0 Å². The highest BCUT2D eigenvalue weighted by Crippen LogP contribution is 2.27. The maximum atomic E-state index is 10.5. The number of aliphatic carboxylic acids is 1. The Morgan fingerprint density at radius 1 is 0.400 bits per heavy atom. The smallest absolute Gasteiger partial charge is 0.341 e. The highest BCUT2D eigenvalue weighted by atomic mass is 35.8. The summed E-state index contributed by atoms with van der Waals surface area (Å²) in [6.07, 6.45) is 35.1. The third kappa shape index (κ3) is 34.6. The van der Waals surface area contributed by atoms with Crippen molar-refractivity contribution < 1.29 is 9.90 Å². The molecule has 6 heteroatoms. The van der Waals surface area contributed by atoms with Crippen molar-refractivity contribution in [3.63, 3.8) is 0 Å². The lowest BCUT2D eigenvalue weighted by molar-refractivity contribution is -0.137. The summed E-state index contributed by atoms with van der Waals surface area (Å²) in [7, 11) is 0. The molecule has 0 spiro atoms. The molecule has 35 heavy (non-hydrogen) atoms. The minimum atomic E-state index is -2.37. The maximum absolute atomic E-state index is 10.5. The summed E-state index contributed by atoms with van der Waals surface area (Å²) >= 11 is 17.7. The minimum Gasteiger partial charge on any atom is -0.481 e. The van der Waals surface area contributed by atoms with E-state index in [1.807, 2.05) is 0 Å². The van der Waals surface area contributed by atoms with E-state index in [4.69, 9.17) is 38.3 Å². The molecule has 210 valence electrons. The average Bonchev–Trinajstić information content (AvgIpc) is 2.80. The van der Waals surface area contributed by atoms with E-state index < -0.39 is 12.0 Å². The van der Waals surface area contributed by atoms with Gasteiger partial charge in [0.25, 0.3) is 0 Å². The number of carboxylic acid groups (broad SMARTS) is 1. The van der Waals surface area contributed by atoms with E-state index in [0.29, 0.717) is 6.42 Å². The Morgan fingerprint density at radius 2 is 0.600 bits per heavy atom. The molecule has 0 aromatic heterocycles. The average molecular weight is 572 g/mol. The zero-order valence-electron chi connectivity index (χ0n) is 22.8. The third-order valence-electron chi connectivity index (χ3n) is 7.10. The van der Waals surface area contributed by atoms with Crippen molar-refractivity contribution in [3.8, 4) is 0 Å². The molecule has 0 unspecified atom stereocenters. The predicted octanol–water partition coefficient (Wildman–Crippen LogP) is 12.3. The molecule has 0 aliphatic carbocycles. The summed E-state index contributed by atoms with van der Waals surface area (Å²) in [5.74, 6) is -0.655. The van der Waals surface area contributed by atoms with Crippen molar-refractivity contribution in [3.05, 3.63) is 0 Å². The van der Waals surface area contributed by atoms with E-state index in [0.717, 1.165) is 25.3 Å². The number of halogens is 3. The summed E-state index contributed by atoms with van der Waals surface area (Å²) in [6.45, 7) is 0. The van der Waals surface area contributed by atoms with Crippen LogP contribution in [0.15, 0.2) is 0 Å². The van der Waals surface area contributed by atoms with E-state index in [9.17, 15) is 4.79 Å². The molecule has 0 saturated heterocycles. The SMILES string of the molecule is O=C(O)CCCCCCCCCCCCCCCCCCCCCCCCCCCC[Si](Cl)(Cl)Cl.